The summed E-state index contributed by atoms with van der Waals surface area (Å²) in [6, 6.07) is 9.00. The van der Waals surface area contributed by atoms with Gasteiger partial charge in [-0.05, 0) is 36.8 Å². The molecule has 140 valence electrons. The van der Waals surface area contributed by atoms with Crippen LogP contribution in [-0.4, -0.2) is 26.2 Å². The third-order valence-corrected chi connectivity index (χ3v) is 4.68. The van der Waals surface area contributed by atoms with E-state index in [0.717, 1.165) is 12.3 Å². The number of anilines is 1. The molecule has 1 atom stereocenters. The fourth-order valence-electron chi connectivity index (χ4n) is 2.27. The molecule has 26 heavy (non-hydrogen) atoms. The molecule has 0 heterocycles. The van der Waals surface area contributed by atoms with E-state index in [1.165, 1.54) is 24.3 Å². The minimum Gasteiger partial charge on any atom is -0.435 e. The zero-order valence-electron chi connectivity index (χ0n) is 13.8. The van der Waals surface area contributed by atoms with Gasteiger partial charge in [0.05, 0.1) is 9.82 Å². The number of nitrogens with one attached hydrogen (secondary N) is 1. The van der Waals surface area contributed by atoms with Crippen LogP contribution in [0.2, 0.25) is 0 Å². The van der Waals surface area contributed by atoms with Gasteiger partial charge in [0.1, 0.15) is 11.4 Å². The van der Waals surface area contributed by atoms with Crippen LogP contribution in [0.3, 0.4) is 0 Å². The summed E-state index contributed by atoms with van der Waals surface area (Å²) in [6.07, 6.45) is 0.963. The van der Waals surface area contributed by atoms with Gasteiger partial charge in [0.2, 0.25) is 0 Å². The van der Waals surface area contributed by atoms with E-state index in [0.29, 0.717) is 5.56 Å². The Morgan fingerprint density at radius 3 is 2.27 bits per heavy atom. The van der Waals surface area contributed by atoms with Crippen LogP contribution >= 0.6 is 0 Å². The van der Waals surface area contributed by atoms with Gasteiger partial charge in [-0.3, -0.25) is 10.1 Å². The number of nitrogens with zero attached hydrogens (tertiary/aromatic N) is 1. The minimum absolute atomic E-state index is 0.000522. The molecule has 0 bridgehead atoms. The lowest BCUT2D eigenvalue weighted by Gasteiger charge is -2.16. The van der Waals surface area contributed by atoms with Crippen LogP contribution in [0.1, 0.15) is 18.5 Å². The Hall–Kier alpha value is -2.75. The molecule has 0 fully saturated rings. The van der Waals surface area contributed by atoms with Gasteiger partial charge in [0, 0.05) is 18.4 Å². The SMILES string of the molecule is CC(Nc1ccc(S(C)(=O)=O)cc1[N+](=O)[O-])c1ccc(OC(F)F)cc1. The molecule has 2 aromatic rings. The maximum absolute atomic E-state index is 12.2. The molecule has 0 saturated heterocycles. The van der Waals surface area contributed by atoms with Crippen LogP contribution in [0.15, 0.2) is 47.4 Å². The Kier molecular flexibility index (Phi) is 5.76. The van der Waals surface area contributed by atoms with E-state index < -0.39 is 27.4 Å². The smallest absolute Gasteiger partial charge is 0.387 e. The van der Waals surface area contributed by atoms with Crippen LogP contribution in [-0.2, 0) is 9.84 Å². The van der Waals surface area contributed by atoms with Crippen molar-refractivity contribution in [2.75, 3.05) is 11.6 Å². The maximum Gasteiger partial charge on any atom is 0.387 e. The van der Waals surface area contributed by atoms with Crippen molar-refractivity contribution in [3.05, 3.63) is 58.1 Å². The summed E-state index contributed by atoms with van der Waals surface area (Å²) < 4.78 is 51.7. The summed E-state index contributed by atoms with van der Waals surface area (Å²) in [4.78, 5) is 10.4. The van der Waals surface area contributed by atoms with Crippen molar-refractivity contribution in [2.45, 2.75) is 24.5 Å². The molecule has 2 rings (SSSR count). The zero-order valence-corrected chi connectivity index (χ0v) is 14.7. The normalized spacial score (nSPS) is 12.7. The first-order valence-electron chi connectivity index (χ1n) is 7.37. The topological polar surface area (TPSA) is 98.5 Å². The number of ether oxygens (including phenoxy) is 1. The predicted octanol–water partition coefficient (Wildman–Crippen LogP) is 3.77. The van der Waals surface area contributed by atoms with Gasteiger partial charge in [0.25, 0.3) is 5.69 Å². The van der Waals surface area contributed by atoms with E-state index in [4.69, 9.17) is 0 Å². The predicted molar refractivity (Wildman–Crippen MR) is 91.3 cm³/mol. The number of hydrogen-bond donors (Lipinski definition) is 1. The summed E-state index contributed by atoms with van der Waals surface area (Å²) in [6.45, 7) is -1.20. The number of nitro benzene ring substituents is 1. The van der Waals surface area contributed by atoms with Gasteiger partial charge in [-0.15, -0.1) is 0 Å². The van der Waals surface area contributed by atoms with Crippen molar-refractivity contribution in [3.63, 3.8) is 0 Å². The van der Waals surface area contributed by atoms with Crippen molar-refractivity contribution in [1.29, 1.82) is 0 Å². The summed E-state index contributed by atoms with van der Waals surface area (Å²) in [7, 11) is -3.58. The summed E-state index contributed by atoms with van der Waals surface area (Å²) in [5.74, 6) is -0.000522. The monoisotopic (exact) mass is 386 g/mol. The molecule has 7 nitrogen and oxygen atoms in total. The van der Waals surface area contributed by atoms with Gasteiger partial charge in [0.15, 0.2) is 9.84 Å². The quantitative estimate of drug-likeness (QED) is 0.574. The molecule has 0 aliphatic rings. The van der Waals surface area contributed by atoms with Crippen molar-refractivity contribution in [3.8, 4) is 5.75 Å². The fraction of sp³-hybridized carbons (Fsp3) is 0.250. The molecule has 0 aliphatic heterocycles. The molecule has 2 aromatic carbocycles. The average Bonchev–Trinajstić information content (AvgIpc) is 2.54. The number of rotatable bonds is 7. The van der Waals surface area contributed by atoms with Crippen LogP contribution < -0.4 is 10.1 Å². The zero-order chi connectivity index (χ0) is 19.5. The first-order valence-corrected chi connectivity index (χ1v) is 9.27. The second-order valence-corrected chi connectivity index (χ2v) is 7.54. The Morgan fingerprint density at radius 2 is 1.77 bits per heavy atom. The van der Waals surface area contributed by atoms with E-state index in [1.807, 2.05) is 0 Å². The number of sulfone groups is 1. The van der Waals surface area contributed by atoms with Gasteiger partial charge in [-0.25, -0.2) is 8.42 Å². The first kappa shape index (κ1) is 19.6. The van der Waals surface area contributed by atoms with Crippen molar-refractivity contribution in [1.82, 2.24) is 0 Å². The average molecular weight is 386 g/mol. The number of nitro groups is 1. The van der Waals surface area contributed by atoms with Crippen LogP contribution in [0.5, 0.6) is 5.75 Å². The third kappa shape index (κ3) is 4.88. The van der Waals surface area contributed by atoms with Crippen LogP contribution in [0.4, 0.5) is 20.2 Å². The number of hydrogen-bond acceptors (Lipinski definition) is 6. The lowest BCUT2D eigenvalue weighted by atomic mass is 10.1. The van der Waals surface area contributed by atoms with E-state index in [9.17, 15) is 27.3 Å². The molecule has 0 amide bonds. The standard InChI is InChI=1S/C16H16F2N2O5S/c1-10(11-3-5-12(6-4-11)25-16(17)18)19-14-8-7-13(26(2,23)24)9-15(14)20(21)22/h3-10,16,19H,1-2H3. The van der Waals surface area contributed by atoms with Gasteiger partial charge in [-0.1, -0.05) is 12.1 Å². The summed E-state index contributed by atoms with van der Waals surface area (Å²) >= 11 is 0. The van der Waals surface area contributed by atoms with Gasteiger partial charge < -0.3 is 10.1 Å². The molecule has 1 unspecified atom stereocenters. The third-order valence-electron chi connectivity index (χ3n) is 3.57. The second kappa shape index (κ2) is 7.65. The van der Waals surface area contributed by atoms with Crippen LogP contribution in [0, 0.1) is 10.1 Å². The summed E-state index contributed by atoms with van der Waals surface area (Å²) in [5, 5.41) is 14.2. The highest BCUT2D eigenvalue weighted by atomic mass is 32.2. The Labute approximate surface area is 148 Å². The molecule has 0 saturated carbocycles. The van der Waals surface area contributed by atoms with Crippen molar-refractivity contribution < 1.29 is 26.9 Å². The Bertz CT molecular complexity index is 901. The fourth-order valence-corrected chi connectivity index (χ4v) is 2.91. The summed E-state index contributed by atoms with van der Waals surface area (Å²) in [5.41, 5.74) is 0.438. The second-order valence-electron chi connectivity index (χ2n) is 5.52. The molecule has 10 heteroatoms. The van der Waals surface area contributed by atoms with Crippen molar-refractivity contribution >= 4 is 21.2 Å². The number of alkyl halides is 2. The molecule has 1 N–H and O–H groups in total. The first-order chi connectivity index (χ1) is 12.1. The maximum atomic E-state index is 12.2. The van der Waals surface area contributed by atoms with E-state index in [-0.39, 0.29) is 22.0 Å². The largest absolute Gasteiger partial charge is 0.435 e. The highest BCUT2D eigenvalue weighted by Gasteiger charge is 2.20. The van der Waals surface area contributed by atoms with Gasteiger partial charge >= 0.3 is 6.61 Å². The molecule has 0 spiro atoms. The van der Waals surface area contributed by atoms with Crippen molar-refractivity contribution in [2.24, 2.45) is 0 Å². The van der Waals surface area contributed by atoms with E-state index in [2.05, 4.69) is 10.1 Å². The molecule has 0 radical (unpaired) electrons. The molecule has 0 aliphatic carbocycles. The number of halogens is 2. The molecular formula is C16H16F2N2O5S. The highest BCUT2D eigenvalue weighted by Crippen LogP contribution is 2.31. The van der Waals surface area contributed by atoms with E-state index in [1.54, 1.807) is 19.1 Å². The van der Waals surface area contributed by atoms with E-state index >= 15 is 0 Å². The van der Waals surface area contributed by atoms with Gasteiger partial charge in [-0.2, -0.15) is 8.78 Å². The lowest BCUT2D eigenvalue weighted by molar-refractivity contribution is -0.384. The Morgan fingerprint density at radius 1 is 1.15 bits per heavy atom. The molecular weight excluding hydrogens is 370 g/mol. The van der Waals surface area contributed by atoms with Crippen LogP contribution in [0.25, 0.3) is 0 Å². The minimum atomic E-state index is -3.58. The lowest BCUT2D eigenvalue weighted by Crippen LogP contribution is -2.09. The molecule has 0 aromatic heterocycles. The number of benzene rings is 2. The highest BCUT2D eigenvalue weighted by molar-refractivity contribution is 7.90. The Balaban J connectivity index is 2.25.